The molecule has 1 fully saturated rings. The lowest BCUT2D eigenvalue weighted by molar-refractivity contribution is -0.305. The SMILES string of the molecule is CC/C=C\C/C=C\C/C=C\CCCCCCCCCC(=O)OC(COCCCCCCCCCCCCCCCCCCCCCCCCCCC)COC1OC(CO)C(O)C(O)C1O. The number of esters is 1. The van der Waals surface area contributed by atoms with Crippen molar-refractivity contribution >= 4 is 5.97 Å². The van der Waals surface area contributed by atoms with Crippen molar-refractivity contribution in [3.63, 3.8) is 0 Å². The van der Waals surface area contributed by atoms with E-state index in [2.05, 4.69) is 50.3 Å². The molecular weight excluding hydrogens is 817 g/mol. The third-order valence-electron chi connectivity index (χ3n) is 12.8. The van der Waals surface area contributed by atoms with E-state index in [0.29, 0.717) is 13.0 Å². The Morgan fingerprint density at radius 1 is 0.508 bits per heavy atom. The summed E-state index contributed by atoms with van der Waals surface area (Å²) in [5.41, 5.74) is 0. The van der Waals surface area contributed by atoms with Crippen molar-refractivity contribution < 1.29 is 44.2 Å². The van der Waals surface area contributed by atoms with Crippen LogP contribution < -0.4 is 0 Å². The van der Waals surface area contributed by atoms with E-state index >= 15 is 0 Å². The van der Waals surface area contributed by atoms with Crippen LogP contribution >= 0.6 is 0 Å². The number of aliphatic hydroxyl groups is 4. The minimum atomic E-state index is -1.54. The highest BCUT2D eigenvalue weighted by Crippen LogP contribution is 2.23. The van der Waals surface area contributed by atoms with Crippen molar-refractivity contribution in [1.82, 2.24) is 0 Å². The van der Waals surface area contributed by atoms with Gasteiger partial charge in [-0.15, -0.1) is 0 Å². The number of rotatable bonds is 48. The molecule has 0 spiro atoms. The second-order valence-electron chi connectivity index (χ2n) is 19.0. The maximum absolute atomic E-state index is 12.8. The van der Waals surface area contributed by atoms with Gasteiger partial charge in [0.15, 0.2) is 6.29 Å². The maximum atomic E-state index is 12.8. The molecule has 6 atom stereocenters. The second kappa shape index (κ2) is 47.5. The van der Waals surface area contributed by atoms with Gasteiger partial charge in [0.25, 0.3) is 0 Å². The van der Waals surface area contributed by atoms with Crippen molar-refractivity contribution in [2.75, 3.05) is 26.4 Å². The van der Waals surface area contributed by atoms with Gasteiger partial charge in [-0.2, -0.15) is 0 Å². The average Bonchev–Trinajstić information content (AvgIpc) is 3.31. The van der Waals surface area contributed by atoms with Gasteiger partial charge in [0.05, 0.1) is 19.8 Å². The van der Waals surface area contributed by atoms with Gasteiger partial charge in [-0.3, -0.25) is 4.79 Å². The van der Waals surface area contributed by atoms with Crippen LogP contribution in [0.2, 0.25) is 0 Å². The molecule has 1 rings (SSSR count). The summed E-state index contributed by atoms with van der Waals surface area (Å²) in [7, 11) is 0. The molecule has 65 heavy (non-hydrogen) atoms. The second-order valence-corrected chi connectivity index (χ2v) is 19.0. The summed E-state index contributed by atoms with van der Waals surface area (Å²) in [6, 6.07) is 0. The highest BCUT2D eigenvalue weighted by molar-refractivity contribution is 5.69. The maximum Gasteiger partial charge on any atom is 0.306 e. The number of hydrogen-bond acceptors (Lipinski definition) is 9. The molecule has 0 aliphatic carbocycles. The van der Waals surface area contributed by atoms with Gasteiger partial charge in [0.1, 0.15) is 30.5 Å². The van der Waals surface area contributed by atoms with E-state index < -0.39 is 43.4 Å². The Balaban J connectivity index is 2.14. The summed E-state index contributed by atoms with van der Waals surface area (Å²) in [6.45, 7) is 4.48. The zero-order chi connectivity index (χ0) is 47.1. The summed E-state index contributed by atoms with van der Waals surface area (Å²) < 4.78 is 22.9. The molecule has 0 radical (unpaired) electrons. The number of unbranched alkanes of at least 4 members (excludes halogenated alkanes) is 31. The quantitative estimate of drug-likeness (QED) is 0.0267. The van der Waals surface area contributed by atoms with Gasteiger partial charge in [0.2, 0.25) is 0 Å². The molecule has 0 saturated carbocycles. The van der Waals surface area contributed by atoms with Crippen LogP contribution in [0.5, 0.6) is 0 Å². The summed E-state index contributed by atoms with van der Waals surface area (Å²) >= 11 is 0. The van der Waals surface area contributed by atoms with E-state index in [9.17, 15) is 25.2 Å². The van der Waals surface area contributed by atoms with Gasteiger partial charge in [-0.05, 0) is 44.9 Å². The van der Waals surface area contributed by atoms with E-state index in [0.717, 1.165) is 64.2 Å². The van der Waals surface area contributed by atoms with E-state index in [1.54, 1.807) is 0 Å². The van der Waals surface area contributed by atoms with Crippen LogP contribution in [0.15, 0.2) is 36.5 Å². The minimum Gasteiger partial charge on any atom is -0.457 e. The Bertz CT molecular complexity index is 1090. The van der Waals surface area contributed by atoms with Crippen LogP contribution in [0.1, 0.15) is 251 Å². The van der Waals surface area contributed by atoms with Crippen molar-refractivity contribution in [3.8, 4) is 0 Å². The zero-order valence-electron chi connectivity index (χ0n) is 42.2. The van der Waals surface area contributed by atoms with E-state index in [1.807, 2.05) is 0 Å². The number of hydrogen-bond donors (Lipinski definition) is 4. The molecule has 382 valence electrons. The molecule has 0 amide bonds. The van der Waals surface area contributed by atoms with E-state index in [-0.39, 0.29) is 19.2 Å². The Hall–Kier alpha value is -1.59. The Labute approximate surface area is 400 Å². The summed E-state index contributed by atoms with van der Waals surface area (Å²) in [6.07, 6.45) is 51.9. The summed E-state index contributed by atoms with van der Waals surface area (Å²) in [5.74, 6) is -0.319. The van der Waals surface area contributed by atoms with Crippen LogP contribution in [0.3, 0.4) is 0 Å². The fourth-order valence-electron chi connectivity index (χ4n) is 8.57. The van der Waals surface area contributed by atoms with Crippen LogP contribution in [0.4, 0.5) is 0 Å². The van der Waals surface area contributed by atoms with Crippen molar-refractivity contribution in [2.24, 2.45) is 0 Å². The molecule has 4 N–H and O–H groups in total. The minimum absolute atomic E-state index is 0.115. The first-order valence-electron chi connectivity index (χ1n) is 27.6. The van der Waals surface area contributed by atoms with Gasteiger partial charge in [-0.25, -0.2) is 0 Å². The van der Waals surface area contributed by atoms with Crippen LogP contribution in [-0.4, -0.2) is 89.6 Å². The topological polar surface area (TPSA) is 135 Å². The standard InChI is InChI=1S/C56H104O9/c1-3-5-7-9-11-13-15-17-19-21-22-23-24-25-26-27-28-30-32-34-36-38-40-42-44-46-62-48-50(49-63-56-55(61)54(60)53(59)51(47-57)65-56)64-52(58)45-43-41-39-37-35-33-31-29-20-18-16-14-12-10-8-6-4-2/h6,8,12,14,18,20,50-51,53-57,59-61H,3-5,7,9-11,13,15-17,19,21-49H2,1-2H3/b8-6-,14-12-,20-18-. The number of ether oxygens (including phenoxy) is 4. The van der Waals surface area contributed by atoms with Crippen LogP contribution in [0, 0.1) is 0 Å². The molecule has 1 aliphatic heterocycles. The Morgan fingerprint density at radius 3 is 1.42 bits per heavy atom. The van der Waals surface area contributed by atoms with Crippen molar-refractivity contribution in [2.45, 2.75) is 288 Å². The third-order valence-corrected chi connectivity index (χ3v) is 12.8. The predicted molar refractivity (Wildman–Crippen MR) is 270 cm³/mol. The average molecular weight is 921 g/mol. The van der Waals surface area contributed by atoms with Crippen molar-refractivity contribution in [3.05, 3.63) is 36.5 Å². The molecule has 6 unspecified atom stereocenters. The number of aliphatic hydroxyl groups excluding tert-OH is 4. The van der Waals surface area contributed by atoms with Crippen LogP contribution in [-0.2, 0) is 23.7 Å². The summed E-state index contributed by atoms with van der Waals surface area (Å²) in [5, 5.41) is 40.3. The first-order chi connectivity index (χ1) is 31.9. The molecule has 0 aromatic rings. The zero-order valence-corrected chi connectivity index (χ0v) is 42.2. The lowest BCUT2D eigenvalue weighted by Gasteiger charge is -2.39. The van der Waals surface area contributed by atoms with E-state index in [4.69, 9.17) is 18.9 Å². The monoisotopic (exact) mass is 921 g/mol. The van der Waals surface area contributed by atoms with Gasteiger partial charge in [-0.1, -0.05) is 237 Å². The Kier molecular flexibility index (Phi) is 44.9. The molecule has 1 heterocycles. The van der Waals surface area contributed by atoms with Gasteiger partial charge < -0.3 is 39.4 Å². The molecule has 9 nitrogen and oxygen atoms in total. The molecule has 0 aromatic carbocycles. The molecular formula is C56H104O9. The van der Waals surface area contributed by atoms with Crippen LogP contribution in [0.25, 0.3) is 0 Å². The number of carbonyl (C=O) groups excluding carboxylic acids is 1. The number of allylic oxidation sites excluding steroid dienone is 6. The largest absolute Gasteiger partial charge is 0.457 e. The molecule has 0 bridgehead atoms. The Morgan fingerprint density at radius 2 is 0.938 bits per heavy atom. The predicted octanol–water partition coefficient (Wildman–Crippen LogP) is 13.9. The fourth-order valence-corrected chi connectivity index (χ4v) is 8.57. The van der Waals surface area contributed by atoms with Gasteiger partial charge in [0, 0.05) is 13.0 Å². The lowest BCUT2D eigenvalue weighted by Crippen LogP contribution is -2.59. The molecule has 1 saturated heterocycles. The van der Waals surface area contributed by atoms with Crippen molar-refractivity contribution in [1.29, 1.82) is 0 Å². The van der Waals surface area contributed by atoms with Gasteiger partial charge >= 0.3 is 5.97 Å². The normalized spacial score (nSPS) is 19.6. The lowest BCUT2D eigenvalue weighted by atomic mass is 9.99. The first kappa shape index (κ1) is 61.4. The molecule has 9 heteroatoms. The smallest absolute Gasteiger partial charge is 0.306 e. The fraction of sp³-hybridized carbons (Fsp3) is 0.875. The van der Waals surface area contributed by atoms with E-state index in [1.165, 1.54) is 167 Å². The first-order valence-corrected chi connectivity index (χ1v) is 27.6. The summed E-state index contributed by atoms with van der Waals surface area (Å²) in [4.78, 5) is 12.8. The highest BCUT2D eigenvalue weighted by atomic mass is 16.7. The third kappa shape index (κ3) is 38.0. The number of carbonyl (C=O) groups is 1. The molecule has 1 aliphatic rings. The molecule has 0 aromatic heterocycles. The highest BCUT2D eigenvalue weighted by Gasteiger charge is 2.44.